The van der Waals surface area contributed by atoms with Crippen LogP contribution in [-0.2, 0) is 14.6 Å². The maximum absolute atomic E-state index is 11.4. The Morgan fingerprint density at radius 1 is 1.38 bits per heavy atom. The van der Waals surface area contributed by atoms with Crippen molar-refractivity contribution in [2.75, 3.05) is 17.3 Å². The average molecular weight is 269 g/mol. The van der Waals surface area contributed by atoms with Gasteiger partial charge in [-0.05, 0) is 26.0 Å². The molecule has 5 nitrogen and oxygen atoms in total. The van der Waals surface area contributed by atoms with Crippen molar-refractivity contribution in [3.63, 3.8) is 0 Å². The Morgan fingerprint density at radius 2 is 1.94 bits per heavy atom. The number of carbonyl (C=O) groups is 1. The molecule has 1 unspecified atom stereocenters. The molecule has 0 aliphatic carbocycles. The molecule has 0 aromatic heterocycles. The van der Waals surface area contributed by atoms with Crippen molar-refractivity contribution in [3.8, 4) is 0 Å². The van der Waals surface area contributed by atoms with E-state index in [0.29, 0.717) is 17.9 Å². The number of carboxylic acid groups (broad SMARTS) is 1. The first-order valence-corrected chi connectivity index (χ1v) is 7.92. The predicted octanol–water partition coefficient (Wildman–Crippen LogP) is 0.345. The molecular formula is C9H19NO4S2. The van der Waals surface area contributed by atoms with Gasteiger partial charge in [0.15, 0.2) is 9.84 Å². The minimum atomic E-state index is -2.98. The largest absolute Gasteiger partial charge is 0.480 e. The highest BCUT2D eigenvalue weighted by molar-refractivity contribution is 8.00. The Morgan fingerprint density at radius 3 is 2.38 bits per heavy atom. The minimum Gasteiger partial charge on any atom is -0.480 e. The summed E-state index contributed by atoms with van der Waals surface area (Å²) in [6.07, 6.45) is 0.363. The molecule has 0 bridgehead atoms. The monoisotopic (exact) mass is 269 g/mol. The number of hydrogen-bond acceptors (Lipinski definition) is 5. The summed E-state index contributed by atoms with van der Waals surface area (Å²) < 4.78 is 22.8. The lowest BCUT2D eigenvalue weighted by Crippen LogP contribution is -2.30. The van der Waals surface area contributed by atoms with Crippen LogP contribution in [0.25, 0.3) is 0 Å². The SMILES string of the molecule is CC(C)S(=O)(=O)CCSCCC(N)C(=O)O. The van der Waals surface area contributed by atoms with Crippen molar-refractivity contribution >= 4 is 27.6 Å². The molecule has 0 rings (SSSR count). The fourth-order valence-corrected chi connectivity index (χ4v) is 3.34. The molecule has 0 radical (unpaired) electrons. The first-order chi connectivity index (χ1) is 7.27. The van der Waals surface area contributed by atoms with Crippen molar-refractivity contribution in [1.82, 2.24) is 0 Å². The van der Waals surface area contributed by atoms with E-state index in [1.807, 2.05) is 0 Å². The summed E-state index contributed by atoms with van der Waals surface area (Å²) in [5.41, 5.74) is 5.30. The highest BCUT2D eigenvalue weighted by Crippen LogP contribution is 2.08. The van der Waals surface area contributed by atoms with Crippen LogP contribution in [0.15, 0.2) is 0 Å². The number of hydrogen-bond donors (Lipinski definition) is 2. The summed E-state index contributed by atoms with van der Waals surface area (Å²) in [5.74, 6) is 0.182. The highest BCUT2D eigenvalue weighted by atomic mass is 32.2. The van der Waals surface area contributed by atoms with Crippen LogP contribution in [0.1, 0.15) is 20.3 Å². The summed E-state index contributed by atoms with van der Waals surface area (Å²) in [5, 5.41) is 8.16. The molecule has 0 spiro atoms. The number of aliphatic carboxylic acids is 1. The summed E-state index contributed by atoms with van der Waals surface area (Å²) in [6, 6.07) is -0.853. The molecule has 0 saturated carbocycles. The molecule has 16 heavy (non-hydrogen) atoms. The van der Waals surface area contributed by atoms with E-state index >= 15 is 0 Å². The minimum absolute atomic E-state index is 0.137. The van der Waals surface area contributed by atoms with Crippen LogP contribution in [0.4, 0.5) is 0 Å². The zero-order valence-corrected chi connectivity index (χ0v) is 11.2. The number of carboxylic acids is 1. The number of sulfone groups is 1. The quantitative estimate of drug-likeness (QED) is 0.617. The van der Waals surface area contributed by atoms with Crippen LogP contribution in [-0.4, -0.2) is 48.0 Å². The standard InChI is InChI=1S/C9H19NO4S2/c1-7(2)16(13,14)6-5-15-4-3-8(10)9(11)12/h7-8H,3-6,10H2,1-2H3,(H,11,12). The Hall–Kier alpha value is -0.270. The Bertz CT molecular complexity index is 313. The second-order valence-electron chi connectivity index (χ2n) is 3.76. The van der Waals surface area contributed by atoms with Gasteiger partial charge in [0.05, 0.1) is 11.0 Å². The fraction of sp³-hybridized carbons (Fsp3) is 0.889. The lowest BCUT2D eigenvalue weighted by Gasteiger charge is -2.08. The molecule has 0 saturated heterocycles. The van der Waals surface area contributed by atoms with E-state index in [4.69, 9.17) is 10.8 Å². The van der Waals surface area contributed by atoms with E-state index in [0.717, 1.165) is 0 Å². The lowest BCUT2D eigenvalue weighted by atomic mass is 10.2. The van der Waals surface area contributed by atoms with Crippen LogP contribution in [0, 0.1) is 0 Å². The maximum Gasteiger partial charge on any atom is 0.320 e. The third kappa shape index (κ3) is 6.34. The molecule has 0 fully saturated rings. The molecular weight excluding hydrogens is 250 g/mol. The van der Waals surface area contributed by atoms with Gasteiger partial charge in [0.1, 0.15) is 6.04 Å². The fourth-order valence-electron chi connectivity index (χ4n) is 0.847. The van der Waals surface area contributed by atoms with Crippen molar-refractivity contribution in [3.05, 3.63) is 0 Å². The molecule has 7 heteroatoms. The molecule has 96 valence electrons. The molecule has 0 aromatic rings. The summed E-state index contributed by atoms with van der Waals surface area (Å²) in [7, 11) is -2.98. The topological polar surface area (TPSA) is 97.5 Å². The summed E-state index contributed by atoms with van der Waals surface area (Å²) in [6.45, 7) is 3.31. The van der Waals surface area contributed by atoms with Crippen molar-refractivity contribution in [2.45, 2.75) is 31.6 Å². The van der Waals surface area contributed by atoms with E-state index in [1.54, 1.807) is 13.8 Å². The molecule has 0 aromatic carbocycles. The molecule has 1 atom stereocenters. The van der Waals surface area contributed by atoms with Gasteiger partial charge in [-0.15, -0.1) is 0 Å². The Labute approximate surface area is 101 Å². The lowest BCUT2D eigenvalue weighted by molar-refractivity contribution is -0.138. The second kappa shape index (κ2) is 7.13. The highest BCUT2D eigenvalue weighted by Gasteiger charge is 2.15. The van der Waals surface area contributed by atoms with E-state index in [2.05, 4.69) is 0 Å². The number of nitrogens with two attached hydrogens (primary N) is 1. The molecule has 0 aliphatic rings. The van der Waals surface area contributed by atoms with Gasteiger partial charge in [-0.1, -0.05) is 0 Å². The van der Waals surface area contributed by atoms with Crippen molar-refractivity contribution < 1.29 is 18.3 Å². The Balaban J connectivity index is 3.67. The predicted molar refractivity (Wildman–Crippen MR) is 66.5 cm³/mol. The van der Waals surface area contributed by atoms with Gasteiger partial charge in [0.2, 0.25) is 0 Å². The van der Waals surface area contributed by atoms with Gasteiger partial charge in [-0.25, -0.2) is 8.42 Å². The molecule has 3 N–H and O–H groups in total. The normalized spacial score (nSPS) is 14.0. The third-order valence-electron chi connectivity index (χ3n) is 2.12. The smallest absolute Gasteiger partial charge is 0.320 e. The van der Waals surface area contributed by atoms with Crippen LogP contribution in [0.5, 0.6) is 0 Å². The third-order valence-corrected chi connectivity index (χ3v) is 5.61. The van der Waals surface area contributed by atoms with Crippen molar-refractivity contribution in [2.24, 2.45) is 5.73 Å². The van der Waals surface area contributed by atoms with Crippen LogP contribution in [0.2, 0.25) is 0 Å². The summed E-state index contributed by atoms with van der Waals surface area (Å²) >= 11 is 1.42. The summed E-state index contributed by atoms with van der Waals surface area (Å²) in [4.78, 5) is 10.4. The van der Waals surface area contributed by atoms with Gasteiger partial charge in [0, 0.05) is 5.75 Å². The zero-order chi connectivity index (χ0) is 12.8. The van der Waals surface area contributed by atoms with Gasteiger partial charge in [-0.3, -0.25) is 4.79 Å². The Kier molecular flexibility index (Phi) is 7.01. The van der Waals surface area contributed by atoms with E-state index < -0.39 is 21.8 Å². The first-order valence-electron chi connectivity index (χ1n) is 5.05. The van der Waals surface area contributed by atoms with Gasteiger partial charge < -0.3 is 10.8 Å². The molecule has 0 aliphatic heterocycles. The van der Waals surface area contributed by atoms with E-state index in [-0.39, 0.29) is 11.0 Å². The maximum atomic E-state index is 11.4. The van der Waals surface area contributed by atoms with Crippen LogP contribution < -0.4 is 5.73 Å². The van der Waals surface area contributed by atoms with E-state index in [1.165, 1.54) is 11.8 Å². The second-order valence-corrected chi connectivity index (χ2v) is 7.66. The first kappa shape index (κ1) is 15.7. The van der Waals surface area contributed by atoms with Crippen LogP contribution >= 0.6 is 11.8 Å². The van der Waals surface area contributed by atoms with Crippen molar-refractivity contribution in [1.29, 1.82) is 0 Å². The van der Waals surface area contributed by atoms with Crippen LogP contribution in [0.3, 0.4) is 0 Å². The number of thioether (sulfide) groups is 1. The number of rotatable bonds is 8. The molecule has 0 amide bonds. The van der Waals surface area contributed by atoms with Gasteiger partial charge >= 0.3 is 5.97 Å². The van der Waals surface area contributed by atoms with Gasteiger partial charge in [0.25, 0.3) is 0 Å². The van der Waals surface area contributed by atoms with Gasteiger partial charge in [-0.2, -0.15) is 11.8 Å². The molecule has 0 heterocycles. The average Bonchev–Trinajstić information content (AvgIpc) is 2.16. The van der Waals surface area contributed by atoms with E-state index in [9.17, 15) is 13.2 Å². The zero-order valence-electron chi connectivity index (χ0n) is 9.55.